The fourth-order valence-electron chi connectivity index (χ4n) is 2.60. The summed E-state index contributed by atoms with van der Waals surface area (Å²) >= 11 is 1.36. The summed E-state index contributed by atoms with van der Waals surface area (Å²) in [5, 5.41) is 12.2. The van der Waals surface area contributed by atoms with E-state index in [1.807, 2.05) is 0 Å². The number of fused-ring (bicyclic) bond motifs is 1. The van der Waals surface area contributed by atoms with E-state index >= 15 is 0 Å². The van der Waals surface area contributed by atoms with Crippen LogP contribution in [0, 0.1) is 5.92 Å². The highest BCUT2D eigenvalue weighted by atomic mass is 32.2. The topological polar surface area (TPSA) is 92.3 Å². The minimum Gasteiger partial charge on any atom is -0.332 e. The number of anilines is 1. The third-order valence-electron chi connectivity index (χ3n) is 3.43. The molecule has 0 aliphatic carbocycles. The summed E-state index contributed by atoms with van der Waals surface area (Å²) < 4.78 is 23.3. The van der Waals surface area contributed by atoms with Crippen molar-refractivity contribution in [2.45, 2.75) is 32.4 Å². The van der Waals surface area contributed by atoms with Crippen molar-refractivity contribution in [2.24, 2.45) is 5.92 Å². The van der Waals surface area contributed by atoms with Gasteiger partial charge in [-0.1, -0.05) is 25.2 Å². The molecule has 1 aromatic rings. The van der Waals surface area contributed by atoms with Gasteiger partial charge in [0.25, 0.3) is 0 Å². The van der Waals surface area contributed by atoms with Crippen molar-refractivity contribution in [3.8, 4) is 0 Å². The van der Waals surface area contributed by atoms with Crippen LogP contribution in [0.25, 0.3) is 0 Å². The number of nitrogens with zero attached hydrogens (tertiary/aromatic N) is 3. The first-order chi connectivity index (χ1) is 9.35. The number of hydrogen-bond acceptors (Lipinski definition) is 6. The van der Waals surface area contributed by atoms with E-state index in [1.165, 1.54) is 16.2 Å². The molecule has 0 saturated carbocycles. The zero-order valence-electron chi connectivity index (χ0n) is 11.2. The predicted octanol–water partition coefficient (Wildman–Crippen LogP) is 0.432. The molecule has 0 bridgehead atoms. The first kappa shape index (κ1) is 13.7. The smallest absolute Gasteiger partial charge is 0.324 e. The van der Waals surface area contributed by atoms with Gasteiger partial charge in [0.2, 0.25) is 5.13 Å². The molecule has 2 aliphatic heterocycles. The summed E-state index contributed by atoms with van der Waals surface area (Å²) in [6, 6.07) is -0.959. The summed E-state index contributed by atoms with van der Waals surface area (Å²) in [5.41, 5.74) is 0. The second-order valence-electron chi connectivity index (χ2n) is 5.65. The van der Waals surface area contributed by atoms with Crippen LogP contribution in [0.5, 0.6) is 0 Å². The zero-order valence-corrected chi connectivity index (χ0v) is 12.9. The van der Waals surface area contributed by atoms with Crippen molar-refractivity contribution in [3.05, 3.63) is 5.01 Å². The van der Waals surface area contributed by atoms with Gasteiger partial charge in [0.15, 0.2) is 9.84 Å². The SMILES string of the molecule is CC(C)Cc1nnc(N2C(=O)N[C@@H]3CS(=O)(=O)C[C@H]32)s1. The number of aromatic nitrogens is 2. The number of rotatable bonds is 3. The van der Waals surface area contributed by atoms with Gasteiger partial charge in [0, 0.05) is 6.42 Å². The molecule has 1 aromatic heterocycles. The van der Waals surface area contributed by atoms with Crippen LogP contribution >= 0.6 is 11.3 Å². The number of hydrogen-bond donors (Lipinski definition) is 1. The third-order valence-corrected chi connectivity index (χ3v) is 6.09. The monoisotopic (exact) mass is 316 g/mol. The maximum atomic E-state index is 12.0. The van der Waals surface area contributed by atoms with Crippen LogP contribution in [0.1, 0.15) is 18.9 Å². The average Bonchev–Trinajstić information content (AvgIpc) is 2.90. The minimum absolute atomic E-state index is 0.00446. The molecule has 20 heavy (non-hydrogen) atoms. The maximum Gasteiger partial charge on any atom is 0.324 e. The first-order valence-corrected chi connectivity index (χ1v) is 9.12. The molecule has 2 aliphatic rings. The summed E-state index contributed by atoms with van der Waals surface area (Å²) in [6.45, 7) is 4.17. The highest BCUT2D eigenvalue weighted by Crippen LogP contribution is 2.31. The quantitative estimate of drug-likeness (QED) is 0.817. The molecule has 0 unspecified atom stereocenters. The van der Waals surface area contributed by atoms with Crippen molar-refractivity contribution in [2.75, 3.05) is 16.4 Å². The van der Waals surface area contributed by atoms with Crippen LogP contribution in [0.4, 0.5) is 9.93 Å². The first-order valence-electron chi connectivity index (χ1n) is 6.48. The number of sulfone groups is 1. The Hall–Kier alpha value is -1.22. The summed E-state index contributed by atoms with van der Waals surface area (Å²) in [7, 11) is -3.08. The Kier molecular flexibility index (Phi) is 3.20. The lowest BCUT2D eigenvalue weighted by Gasteiger charge is -2.16. The minimum atomic E-state index is -3.08. The third kappa shape index (κ3) is 2.39. The molecule has 110 valence electrons. The van der Waals surface area contributed by atoms with Gasteiger partial charge < -0.3 is 5.32 Å². The molecular weight excluding hydrogens is 300 g/mol. The standard InChI is InChI=1S/C11H16N4O3S2/c1-6(2)3-9-13-14-11(19-9)15-8-5-20(17,18)4-7(8)12-10(15)16/h6-8H,3-5H2,1-2H3,(H,12,16)/t7-,8-/m1/s1. The Balaban J connectivity index is 1.85. The lowest BCUT2D eigenvalue weighted by atomic mass is 10.1. The molecule has 2 amide bonds. The van der Waals surface area contributed by atoms with Crippen LogP contribution in [0.2, 0.25) is 0 Å². The second-order valence-corrected chi connectivity index (χ2v) is 8.84. The number of nitrogens with one attached hydrogen (secondary N) is 1. The van der Waals surface area contributed by atoms with Crippen molar-refractivity contribution in [3.63, 3.8) is 0 Å². The van der Waals surface area contributed by atoms with Crippen molar-refractivity contribution in [1.82, 2.24) is 15.5 Å². The van der Waals surface area contributed by atoms with Crippen molar-refractivity contribution >= 4 is 32.3 Å². The van der Waals surface area contributed by atoms with Gasteiger partial charge in [-0.05, 0) is 5.92 Å². The van der Waals surface area contributed by atoms with Crippen LogP contribution in [-0.2, 0) is 16.3 Å². The Bertz CT molecular complexity index is 640. The molecule has 0 spiro atoms. The highest BCUT2D eigenvalue weighted by Gasteiger charge is 2.50. The Labute approximate surface area is 121 Å². The largest absolute Gasteiger partial charge is 0.332 e. The fraction of sp³-hybridized carbons (Fsp3) is 0.727. The highest BCUT2D eigenvalue weighted by molar-refractivity contribution is 7.91. The molecule has 3 rings (SSSR count). The van der Waals surface area contributed by atoms with Crippen LogP contribution in [0.3, 0.4) is 0 Å². The van der Waals surface area contributed by atoms with Gasteiger partial charge in [-0.3, -0.25) is 4.90 Å². The molecule has 2 saturated heterocycles. The van der Waals surface area contributed by atoms with Crippen molar-refractivity contribution in [1.29, 1.82) is 0 Å². The molecule has 2 fully saturated rings. The summed E-state index contributed by atoms with van der Waals surface area (Å²) in [4.78, 5) is 13.4. The normalized spacial score (nSPS) is 27.9. The van der Waals surface area contributed by atoms with Gasteiger partial charge >= 0.3 is 6.03 Å². The molecule has 2 atom stereocenters. The lowest BCUT2D eigenvalue weighted by Crippen LogP contribution is -2.36. The fourth-order valence-corrected chi connectivity index (χ4v) is 5.60. The van der Waals surface area contributed by atoms with E-state index in [2.05, 4.69) is 29.4 Å². The number of carbonyl (C=O) groups is 1. The van der Waals surface area contributed by atoms with Crippen LogP contribution in [-0.4, -0.2) is 48.2 Å². The van der Waals surface area contributed by atoms with Gasteiger partial charge in [0.1, 0.15) is 5.01 Å². The van der Waals surface area contributed by atoms with E-state index in [-0.39, 0.29) is 29.6 Å². The van der Waals surface area contributed by atoms with Gasteiger partial charge in [-0.2, -0.15) is 0 Å². The Morgan fingerprint density at radius 1 is 1.40 bits per heavy atom. The van der Waals surface area contributed by atoms with Gasteiger partial charge in [0.05, 0.1) is 23.6 Å². The van der Waals surface area contributed by atoms with E-state index in [1.54, 1.807) is 0 Å². The van der Waals surface area contributed by atoms with Crippen LogP contribution < -0.4 is 10.2 Å². The molecule has 1 N–H and O–H groups in total. The summed E-state index contributed by atoms with van der Waals surface area (Å²) in [6.07, 6.45) is 0.805. The molecule has 7 nitrogen and oxygen atoms in total. The van der Waals surface area contributed by atoms with Crippen LogP contribution in [0.15, 0.2) is 0 Å². The van der Waals surface area contributed by atoms with E-state index in [0.29, 0.717) is 11.0 Å². The average molecular weight is 316 g/mol. The number of amides is 2. The molecular formula is C11H16N4O3S2. The second kappa shape index (κ2) is 4.66. The predicted molar refractivity (Wildman–Crippen MR) is 75.7 cm³/mol. The number of urea groups is 1. The van der Waals surface area contributed by atoms with E-state index < -0.39 is 9.84 Å². The molecule has 0 aromatic carbocycles. The van der Waals surface area contributed by atoms with Crippen molar-refractivity contribution < 1.29 is 13.2 Å². The maximum absolute atomic E-state index is 12.0. The molecule has 3 heterocycles. The van der Waals surface area contributed by atoms with Gasteiger partial charge in [-0.25, -0.2) is 13.2 Å². The van der Waals surface area contributed by atoms with E-state index in [9.17, 15) is 13.2 Å². The lowest BCUT2D eigenvalue weighted by molar-refractivity contribution is 0.251. The summed E-state index contributed by atoms with van der Waals surface area (Å²) in [5.74, 6) is 0.468. The van der Waals surface area contributed by atoms with Gasteiger partial charge in [-0.15, -0.1) is 10.2 Å². The number of carbonyl (C=O) groups excluding carboxylic acids is 1. The molecule has 9 heteroatoms. The van der Waals surface area contributed by atoms with E-state index in [4.69, 9.17) is 0 Å². The molecule has 0 radical (unpaired) electrons. The zero-order chi connectivity index (χ0) is 14.5. The van der Waals surface area contributed by atoms with E-state index in [0.717, 1.165) is 11.4 Å². The Morgan fingerprint density at radius 3 is 2.85 bits per heavy atom. The Morgan fingerprint density at radius 2 is 2.15 bits per heavy atom.